The van der Waals surface area contributed by atoms with Crippen LogP contribution in [0.3, 0.4) is 0 Å². The molecular weight excluding hydrogens is 242 g/mol. The molecule has 1 saturated heterocycles. The molecule has 2 aliphatic heterocycles. The predicted octanol–water partition coefficient (Wildman–Crippen LogP) is 2.43. The third-order valence-electron chi connectivity index (χ3n) is 4.82. The molecule has 19 heavy (non-hydrogen) atoms. The van der Waals surface area contributed by atoms with E-state index in [1.54, 1.807) is 6.92 Å². The van der Waals surface area contributed by atoms with Crippen molar-refractivity contribution in [2.75, 3.05) is 6.54 Å². The van der Waals surface area contributed by atoms with E-state index < -0.39 is 0 Å². The Labute approximate surface area is 114 Å². The maximum Gasteiger partial charge on any atom is 0.256 e. The fourth-order valence-corrected chi connectivity index (χ4v) is 3.38. The minimum absolute atomic E-state index is 0.0456. The van der Waals surface area contributed by atoms with Gasteiger partial charge in [-0.1, -0.05) is 20.8 Å². The minimum atomic E-state index is -0.187. The fourth-order valence-electron chi connectivity index (χ4n) is 3.38. The molecule has 0 radical (unpaired) electrons. The molecule has 2 heterocycles. The van der Waals surface area contributed by atoms with E-state index in [9.17, 15) is 9.59 Å². The van der Waals surface area contributed by atoms with Crippen molar-refractivity contribution in [1.29, 1.82) is 0 Å². The lowest BCUT2D eigenvalue weighted by molar-refractivity contribution is -0.137. The van der Waals surface area contributed by atoms with Gasteiger partial charge in [0.2, 0.25) is 0 Å². The van der Waals surface area contributed by atoms with Gasteiger partial charge in [-0.25, -0.2) is 0 Å². The number of ether oxygens (including phenoxy) is 1. The molecule has 0 saturated carbocycles. The van der Waals surface area contributed by atoms with Crippen molar-refractivity contribution >= 4 is 11.8 Å². The summed E-state index contributed by atoms with van der Waals surface area (Å²) in [7, 11) is 0. The monoisotopic (exact) mass is 265 g/mol. The molecule has 4 heteroatoms. The van der Waals surface area contributed by atoms with E-state index >= 15 is 0 Å². The van der Waals surface area contributed by atoms with Crippen LogP contribution in [-0.2, 0) is 14.3 Å². The summed E-state index contributed by atoms with van der Waals surface area (Å²) in [6.07, 6.45) is 5.05. The summed E-state index contributed by atoms with van der Waals surface area (Å²) in [5.74, 6) is -0.344. The summed E-state index contributed by atoms with van der Waals surface area (Å²) in [6.45, 7) is 8.54. The SMILES string of the molecule is CCC1(CC)OC1(CC)CCN1C(=O)C=C(C)C1=O. The topological polar surface area (TPSA) is 49.9 Å². The molecular formula is C15H23NO3. The first-order chi connectivity index (χ1) is 8.95. The highest BCUT2D eigenvalue weighted by Gasteiger charge is 2.65. The van der Waals surface area contributed by atoms with E-state index in [2.05, 4.69) is 20.8 Å². The van der Waals surface area contributed by atoms with Gasteiger partial charge >= 0.3 is 0 Å². The summed E-state index contributed by atoms with van der Waals surface area (Å²) in [6, 6.07) is 0. The molecule has 1 unspecified atom stereocenters. The maximum atomic E-state index is 11.8. The Morgan fingerprint density at radius 3 is 2.05 bits per heavy atom. The summed E-state index contributed by atoms with van der Waals surface area (Å²) >= 11 is 0. The van der Waals surface area contributed by atoms with Gasteiger partial charge in [0.15, 0.2) is 0 Å². The van der Waals surface area contributed by atoms with E-state index in [1.807, 2.05) is 0 Å². The second-order valence-electron chi connectivity index (χ2n) is 5.52. The fraction of sp³-hybridized carbons (Fsp3) is 0.733. The van der Waals surface area contributed by atoms with Crippen LogP contribution in [0.25, 0.3) is 0 Å². The van der Waals surface area contributed by atoms with Gasteiger partial charge in [0, 0.05) is 18.2 Å². The van der Waals surface area contributed by atoms with E-state index in [0.29, 0.717) is 12.1 Å². The lowest BCUT2D eigenvalue weighted by Gasteiger charge is -2.20. The van der Waals surface area contributed by atoms with Gasteiger partial charge in [-0.2, -0.15) is 0 Å². The first-order valence-corrected chi connectivity index (χ1v) is 7.19. The number of nitrogens with zero attached hydrogens (tertiary/aromatic N) is 1. The Balaban J connectivity index is 2.00. The van der Waals surface area contributed by atoms with Crippen LogP contribution in [0.1, 0.15) is 53.4 Å². The van der Waals surface area contributed by atoms with Crippen LogP contribution >= 0.6 is 0 Å². The number of imide groups is 1. The second kappa shape index (κ2) is 4.75. The Bertz CT molecular complexity index is 437. The average Bonchev–Trinajstić information content (AvgIpc) is 3.00. The molecule has 0 aromatic heterocycles. The molecule has 0 N–H and O–H groups in total. The molecule has 2 amide bonds. The van der Waals surface area contributed by atoms with Crippen LogP contribution in [0.4, 0.5) is 0 Å². The molecule has 2 aliphatic rings. The number of epoxide rings is 1. The van der Waals surface area contributed by atoms with Gasteiger partial charge < -0.3 is 4.74 Å². The molecule has 0 aromatic carbocycles. The molecule has 106 valence electrons. The first kappa shape index (κ1) is 14.3. The summed E-state index contributed by atoms with van der Waals surface area (Å²) in [5, 5.41) is 0. The maximum absolute atomic E-state index is 11.8. The molecule has 1 fully saturated rings. The largest absolute Gasteiger partial charge is 0.362 e. The highest BCUT2D eigenvalue weighted by atomic mass is 16.6. The Morgan fingerprint density at radius 2 is 1.68 bits per heavy atom. The highest BCUT2D eigenvalue weighted by Crippen LogP contribution is 2.57. The Hall–Kier alpha value is -1.16. The van der Waals surface area contributed by atoms with Gasteiger partial charge in [-0.05, 0) is 32.6 Å². The van der Waals surface area contributed by atoms with Crippen molar-refractivity contribution in [3.05, 3.63) is 11.6 Å². The summed E-state index contributed by atoms with van der Waals surface area (Å²) in [4.78, 5) is 24.9. The van der Waals surface area contributed by atoms with Crippen LogP contribution in [0, 0.1) is 0 Å². The van der Waals surface area contributed by atoms with Crippen molar-refractivity contribution in [2.45, 2.75) is 64.6 Å². The summed E-state index contributed by atoms with van der Waals surface area (Å²) in [5.41, 5.74) is 0.341. The number of rotatable bonds is 6. The van der Waals surface area contributed by atoms with Gasteiger partial charge in [0.1, 0.15) is 0 Å². The van der Waals surface area contributed by atoms with Crippen LogP contribution in [0.15, 0.2) is 11.6 Å². The van der Waals surface area contributed by atoms with E-state index in [4.69, 9.17) is 4.74 Å². The van der Waals surface area contributed by atoms with Gasteiger partial charge in [-0.3, -0.25) is 14.5 Å². The zero-order valence-corrected chi connectivity index (χ0v) is 12.3. The Morgan fingerprint density at radius 1 is 1.11 bits per heavy atom. The standard InChI is InChI=1S/C15H23NO3/c1-5-14(6-2)15(7-3,19-14)8-9-16-12(17)10-11(4)13(16)18/h10H,5-9H2,1-4H3. The van der Waals surface area contributed by atoms with Crippen molar-refractivity contribution in [3.8, 4) is 0 Å². The van der Waals surface area contributed by atoms with Crippen LogP contribution < -0.4 is 0 Å². The van der Waals surface area contributed by atoms with Crippen LogP contribution in [-0.4, -0.2) is 34.5 Å². The normalized spacial score (nSPS) is 28.8. The predicted molar refractivity (Wildman–Crippen MR) is 72.5 cm³/mol. The van der Waals surface area contributed by atoms with E-state index in [-0.39, 0.29) is 23.0 Å². The van der Waals surface area contributed by atoms with Crippen molar-refractivity contribution in [1.82, 2.24) is 4.90 Å². The van der Waals surface area contributed by atoms with E-state index in [1.165, 1.54) is 11.0 Å². The van der Waals surface area contributed by atoms with Crippen LogP contribution in [0.5, 0.6) is 0 Å². The molecule has 0 aliphatic carbocycles. The number of hydrogen-bond donors (Lipinski definition) is 0. The first-order valence-electron chi connectivity index (χ1n) is 7.19. The quantitative estimate of drug-likeness (QED) is 0.547. The lowest BCUT2D eigenvalue weighted by Crippen LogP contribution is -2.36. The number of amides is 2. The minimum Gasteiger partial charge on any atom is -0.362 e. The van der Waals surface area contributed by atoms with Gasteiger partial charge in [0.05, 0.1) is 11.2 Å². The molecule has 0 bridgehead atoms. The number of carbonyl (C=O) groups is 2. The smallest absolute Gasteiger partial charge is 0.256 e. The summed E-state index contributed by atoms with van der Waals surface area (Å²) < 4.78 is 6.03. The molecule has 2 rings (SSSR count). The van der Waals surface area contributed by atoms with E-state index in [0.717, 1.165) is 25.7 Å². The van der Waals surface area contributed by atoms with Gasteiger partial charge in [-0.15, -0.1) is 0 Å². The number of carbonyl (C=O) groups excluding carboxylic acids is 2. The zero-order valence-electron chi connectivity index (χ0n) is 12.3. The molecule has 0 spiro atoms. The third kappa shape index (κ3) is 2.02. The highest BCUT2D eigenvalue weighted by molar-refractivity contribution is 6.15. The van der Waals surface area contributed by atoms with Crippen LogP contribution in [0.2, 0.25) is 0 Å². The lowest BCUT2D eigenvalue weighted by atomic mass is 9.83. The zero-order chi connectivity index (χ0) is 14.3. The molecule has 0 aromatic rings. The van der Waals surface area contributed by atoms with Crippen molar-refractivity contribution in [2.24, 2.45) is 0 Å². The van der Waals surface area contributed by atoms with Gasteiger partial charge in [0.25, 0.3) is 11.8 Å². The third-order valence-corrected chi connectivity index (χ3v) is 4.82. The second-order valence-corrected chi connectivity index (χ2v) is 5.52. The average molecular weight is 265 g/mol. The number of hydrogen-bond acceptors (Lipinski definition) is 3. The molecule has 1 atom stereocenters. The Kier molecular flexibility index (Phi) is 3.56. The molecule has 4 nitrogen and oxygen atoms in total. The van der Waals surface area contributed by atoms with Crippen molar-refractivity contribution < 1.29 is 14.3 Å². The van der Waals surface area contributed by atoms with Crippen molar-refractivity contribution in [3.63, 3.8) is 0 Å².